The number of hydrogen-bond acceptors (Lipinski definition) is 3. The molecule has 5 N–H and O–H groups in total. The van der Waals surface area contributed by atoms with Gasteiger partial charge in [-0.3, -0.25) is 4.79 Å². The van der Waals surface area contributed by atoms with Crippen LogP contribution in [0, 0.1) is 0 Å². The molecule has 54 valence electrons. The molecule has 5 heteroatoms. The number of carboxylic acid groups (broad SMARTS) is 1. The van der Waals surface area contributed by atoms with Crippen LogP contribution in [-0.2, 0) is 4.79 Å². The van der Waals surface area contributed by atoms with Crippen LogP contribution in [0.15, 0.2) is 0 Å². The van der Waals surface area contributed by atoms with E-state index in [1.54, 1.807) is 0 Å². The van der Waals surface area contributed by atoms with E-state index in [4.69, 9.17) is 16.6 Å². The first-order valence-electron chi connectivity index (χ1n) is 2.87. The molecule has 0 amide bonds. The van der Waals surface area contributed by atoms with Crippen molar-refractivity contribution in [1.82, 2.24) is 0 Å². The average molecular weight is 155 g/mol. The van der Waals surface area contributed by atoms with E-state index in [1.165, 1.54) is 0 Å². The summed E-state index contributed by atoms with van der Waals surface area (Å²) < 4.78 is 0. The molecule has 0 aromatic rings. The molecule has 10 heavy (non-hydrogen) atoms. The largest absolute Gasteiger partial charge is 1.00 e. The number of rotatable bonds is 4. The maximum Gasteiger partial charge on any atom is 1.00 e. The third kappa shape index (κ3) is 6.51. The van der Waals surface area contributed by atoms with Crippen LogP contribution in [0.5, 0.6) is 0 Å². The van der Waals surface area contributed by atoms with Crippen molar-refractivity contribution in [1.29, 1.82) is 0 Å². The van der Waals surface area contributed by atoms with Crippen molar-refractivity contribution in [3.8, 4) is 0 Å². The van der Waals surface area contributed by atoms with Crippen LogP contribution < -0.4 is 41.0 Å². The minimum Gasteiger partial charge on any atom is -0.480 e. The molecule has 0 aromatic heterocycles. The molecule has 0 saturated heterocycles. The van der Waals surface area contributed by atoms with E-state index in [0.29, 0.717) is 19.4 Å². The van der Waals surface area contributed by atoms with Gasteiger partial charge in [-0.1, -0.05) is 0 Å². The van der Waals surface area contributed by atoms with Gasteiger partial charge in [-0.25, -0.2) is 0 Å². The third-order valence-electron chi connectivity index (χ3n) is 1.04. The SMILES string of the molecule is NCCCC(N)C(=O)O.[Na+]. The Morgan fingerprint density at radius 3 is 2.40 bits per heavy atom. The monoisotopic (exact) mass is 155 g/mol. The van der Waals surface area contributed by atoms with Crippen molar-refractivity contribution in [2.24, 2.45) is 11.5 Å². The van der Waals surface area contributed by atoms with Gasteiger partial charge in [0.2, 0.25) is 0 Å². The summed E-state index contributed by atoms with van der Waals surface area (Å²) in [7, 11) is 0. The number of nitrogens with two attached hydrogens (primary N) is 2. The Hall–Kier alpha value is 0.390. The first-order chi connectivity index (χ1) is 4.18. The maximum atomic E-state index is 10.0. The van der Waals surface area contributed by atoms with E-state index in [0.717, 1.165) is 0 Å². The summed E-state index contributed by atoms with van der Waals surface area (Å²) in [6.45, 7) is 0.501. The van der Waals surface area contributed by atoms with Crippen molar-refractivity contribution in [2.75, 3.05) is 6.54 Å². The van der Waals surface area contributed by atoms with E-state index < -0.39 is 12.0 Å². The van der Waals surface area contributed by atoms with Gasteiger partial charge in [0.1, 0.15) is 6.04 Å². The number of aliphatic carboxylic acids is 1. The molecule has 0 radical (unpaired) electrons. The van der Waals surface area contributed by atoms with Crippen LogP contribution in [0.4, 0.5) is 0 Å². The van der Waals surface area contributed by atoms with Crippen LogP contribution in [0.3, 0.4) is 0 Å². The molecule has 0 heterocycles. The van der Waals surface area contributed by atoms with Gasteiger partial charge >= 0.3 is 35.5 Å². The topological polar surface area (TPSA) is 89.3 Å². The molecule has 1 atom stereocenters. The fraction of sp³-hybridized carbons (Fsp3) is 0.800. The van der Waals surface area contributed by atoms with Gasteiger partial charge in [0.05, 0.1) is 0 Å². The summed E-state index contributed by atoms with van der Waals surface area (Å²) >= 11 is 0. The average Bonchev–Trinajstić information content (AvgIpc) is 1.82. The van der Waals surface area contributed by atoms with E-state index in [2.05, 4.69) is 0 Å². The molecule has 0 bridgehead atoms. The quantitative estimate of drug-likeness (QED) is 0.362. The predicted octanol–water partition coefficient (Wildman–Crippen LogP) is -3.86. The molecule has 0 aliphatic heterocycles. The Kier molecular flexibility index (Phi) is 9.76. The number of carboxylic acids is 1. The zero-order chi connectivity index (χ0) is 7.28. The van der Waals surface area contributed by atoms with Crippen molar-refractivity contribution in [3.63, 3.8) is 0 Å². The molecular weight excluding hydrogens is 143 g/mol. The first-order valence-corrected chi connectivity index (χ1v) is 2.87. The third-order valence-corrected chi connectivity index (χ3v) is 1.04. The molecular formula is C5H12N2NaO2+. The van der Waals surface area contributed by atoms with Crippen LogP contribution in [-0.4, -0.2) is 23.7 Å². The van der Waals surface area contributed by atoms with Gasteiger partial charge in [0, 0.05) is 0 Å². The molecule has 0 aliphatic carbocycles. The normalized spacial score (nSPS) is 11.8. The van der Waals surface area contributed by atoms with Crippen molar-refractivity contribution in [2.45, 2.75) is 18.9 Å². The molecule has 4 nitrogen and oxygen atoms in total. The van der Waals surface area contributed by atoms with E-state index >= 15 is 0 Å². The van der Waals surface area contributed by atoms with Gasteiger partial charge in [-0.05, 0) is 19.4 Å². The Bertz CT molecular complexity index is 99.6. The summed E-state index contributed by atoms with van der Waals surface area (Å²) in [5, 5.41) is 8.24. The maximum absolute atomic E-state index is 10.0. The number of carbonyl (C=O) groups is 1. The van der Waals surface area contributed by atoms with E-state index in [9.17, 15) is 4.79 Å². The van der Waals surface area contributed by atoms with Gasteiger partial charge in [0.15, 0.2) is 0 Å². The van der Waals surface area contributed by atoms with Crippen molar-refractivity contribution < 1.29 is 39.5 Å². The fourth-order valence-electron chi connectivity index (χ4n) is 0.461. The summed E-state index contributed by atoms with van der Waals surface area (Å²) in [6, 6.07) is -0.742. The Morgan fingerprint density at radius 2 is 2.10 bits per heavy atom. The second kappa shape index (κ2) is 7.50. The standard InChI is InChI=1S/C5H12N2O2.Na/c6-3-1-2-4(7)5(8)9;/h4H,1-3,6-7H2,(H,8,9);/q;+1. The Labute approximate surface area is 82.2 Å². The summed E-state index contributed by atoms with van der Waals surface area (Å²) in [6.07, 6.45) is 1.14. The van der Waals surface area contributed by atoms with Crippen LogP contribution >= 0.6 is 0 Å². The molecule has 0 spiro atoms. The van der Waals surface area contributed by atoms with Gasteiger partial charge in [0.25, 0.3) is 0 Å². The number of hydrogen-bond donors (Lipinski definition) is 3. The van der Waals surface area contributed by atoms with Crippen molar-refractivity contribution >= 4 is 5.97 Å². The van der Waals surface area contributed by atoms with Gasteiger partial charge in [-0.15, -0.1) is 0 Å². The van der Waals surface area contributed by atoms with E-state index in [1.807, 2.05) is 0 Å². The minimum atomic E-state index is -0.955. The molecule has 0 fully saturated rings. The molecule has 0 aliphatic rings. The predicted molar refractivity (Wildman–Crippen MR) is 33.9 cm³/mol. The van der Waals surface area contributed by atoms with E-state index in [-0.39, 0.29) is 29.6 Å². The fourth-order valence-corrected chi connectivity index (χ4v) is 0.461. The smallest absolute Gasteiger partial charge is 0.480 e. The Balaban J connectivity index is 0. The molecule has 0 aromatic carbocycles. The van der Waals surface area contributed by atoms with Gasteiger partial charge < -0.3 is 16.6 Å². The molecule has 0 rings (SSSR count). The second-order valence-corrected chi connectivity index (χ2v) is 1.88. The summed E-state index contributed by atoms with van der Waals surface area (Å²) in [5.74, 6) is -0.955. The molecule has 0 saturated carbocycles. The summed E-state index contributed by atoms with van der Waals surface area (Å²) in [4.78, 5) is 10.0. The zero-order valence-electron chi connectivity index (χ0n) is 6.21. The minimum absolute atomic E-state index is 0. The second-order valence-electron chi connectivity index (χ2n) is 1.88. The van der Waals surface area contributed by atoms with Crippen molar-refractivity contribution in [3.05, 3.63) is 0 Å². The van der Waals surface area contributed by atoms with Gasteiger partial charge in [-0.2, -0.15) is 0 Å². The summed E-state index contributed by atoms with van der Waals surface area (Å²) in [5.41, 5.74) is 10.3. The van der Waals surface area contributed by atoms with Crippen LogP contribution in [0.1, 0.15) is 12.8 Å². The Morgan fingerprint density at radius 1 is 1.60 bits per heavy atom. The van der Waals surface area contributed by atoms with Crippen LogP contribution in [0.25, 0.3) is 0 Å². The van der Waals surface area contributed by atoms with Crippen LogP contribution in [0.2, 0.25) is 0 Å². The zero-order valence-corrected chi connectivity index (χ0v) is 8.21. The first kappa shape index (κ1) is 13.0. The molecule has 1 unspecified atom stereocenters.